The van der Waals surface area contributed by atoms with E-state index in [2.05, 4.69) is 129 Å². The van der Waals surface area contributed by atoms with E-state index >= 15 is 0 Å². The summed E-state index contributed by atoms with van der Waals surface area (Å²) in [5.74, 6) is -0.214. The molecule has 0 aliphatic rings. The monoisotopic (exact) mass is 937 g/mol. The van der Waals surface area contributed by atoms with Gasteiger partial charge in [-0.3, -0.25) is 9.36 Å². The third-order valence-corrected chi connectivity index (χ3v) is 11.6. The summed E-state index contributed by atoms with van der Waals surface area (Å²) < 4.78 is 23.0. The molecule has 0 saturated heterocycles. The number of quaternary nitrogens is 1. The molecule has 0 fully saturated rings. The van der Waals surface area contributed by atoms with Gasteiger partial charge in [0.05, 0.1) is 39.9 Å². The molecule has 0 aromatic rings. The zero-order chi connectivity index (χ0) is 48.5. The van der Waals surface area contributed by atoms with E-state index in [0.29, 0.717) is 17.4 Å². The number of allylic oxidation sites excluding steroid dienone is 19. The van der Waals surface area contributed by atoms with Gasteiger partial charge >= 0.3 is 0 Å². The summed E-state index contributed by atoms with van der Waals surface area (Å²) in [4.78, 5) is 25.1. The van der Waals surface area contributed by atoms with Gasteiger partial charge in [-0.15, -0.1) is 0 Å². The van der Waals surface area contributed by atoms with Gasteiger partial charge in [0.25, 0.3) is 7.82 Å². The SMILES string of the molecule is CC/C=C\C/C=C\C/C=C\C/C=C\C/C=C\C/C=C\C/C=C\C/C=C\C/C=C\CCCCCCCCCCCCCC(=O)NC(COP(=O)([O-])OCC[N+](C)(C)C)C(O)/C=C/CCCCC. The number of phosphoric acid groups is 1. The first kappa shape index (κ1) is 62.9. The fourth-order valence-corrected chi connectivity index (χ4v) is 7.34. The van der Waals surface area contributed by atoms with Crippen molar-refractivity contribution in [3.05, 3.63) is 122 Å². The Morgan fingerprint density at radius 3 is 1.35 bits per heavy atom. The molecule has 9 heteroatoms. The standard InChI is InChI=1S/C57H97N2O6P/c1-6-8-10-12-13-14-15-16-17-18-19-20-21-22-23-24-25-26-27-28-29-30-31-32-33-34-35-36-37-38-39-40-41-42-43-44-45-47-49-51-57(61)58-55(56(60)50-48-46-11-9-7-2)54-65-66(62,63)64-53-52-59(3,4)5/h8,10,13-14,16-17,19-20,22-23,25-26,28-29,31-32,34-35,48,50,55-56,60H,6-7,9,11-12,15,18,21,24,27,30,33,36-47,49,51-54H2,1-5H3,(H-,58,61,62,63)/b10-8-,14-13-,17-16-,20-19-,23-22-,26-25-,29-28-,32-31-,35-34-,50-48+. The second kappa shape index (κ2) is 47.0. The van der Waals surface area contributed by atoms with Crippen LogP contribution < -0.4 is 10.2 Å². The Labute approximate surface area is 405 Å². The van der Waals surface area contributed by atoms with Crippen molar-refractivity contribution in [3.8, 4) is 0 Å². The number of carbonyl (C=O) groups excluding carboxylic acids is 1. The highest BCUT2D eigenvalue weighted by Gasteiger charge is 2.23. The van der Waals surface area contributed by atoms with Gasteiger partial charge in [-0.1, -0.05) is 206 Å². The first-order valence-electron chi connectivity index (χ1n) is 25.9. The van der Waals surface area contributed by atoms with Gasteiger partial charge in [0.1, 0.15) is 13.2 Å². The first-order chi connectivity index (χ1) is 32.0. The summed E-state index contributed by atoms with van der Waals surface area (Å²) in [5.41, 5.74) is 0. The van der Waals surface area contributed by atoms with Gasteiger partial charge in [-0.2, -0.15) is 0 Å². The van der Waals surface area contributed by atoms with Crippen LogP contribution >= 0.6 is 7.82 Å². The fourth-order valence-electron chi connectivity index (χ4n) is 6.61. The first-order valence-corrected chi connectivity index (χ1v) is 27.4. The van der Waals surface area contributed by atoms with E-state index < -0.39 is 20.0 Å². The van der Waals surface area contributed by atoms with Gasteiger partial charge in [0.15, 0.2) is 0 Å². The Kier molecular flexibility index (Phi) is 44.8. The van der Waals surface area contributed by atoms with E-state index in [1.807, 2.05) is 27.2 Å². The molecule has 66 heavy (non-hydrogen) atoms. The van der Waals surface area contributed by atoms with Crippen LogP contribution in [0.25, 0.3) is 0 Å². The van der Waals surface area contributed by atoms with Crippen molar-refractivity contribution in [3.63, 3.8) is 0 Å². The van der Waals surface area contributed by atoms with Crippen LogP contribution in [0.1, 0.15) is 181 Å². The molecule has 3 unspecified atom stereocenters. The van der Waals surface area contributed by atoms with Crippen LogP contribution in [0.4, 0.5) is 0 Å². The second-order valence-electron chi connectivity index (χ2n) is 18.1. The normalized spacial score (nSPS) is 15.1. The number of amides is 1. The van der Waals surface area contributed by atoms with Crippen molar-refractivity contribution in [2.45, 2.75) is 193 Å². The number of phosphoric ester groups is 1. The van der Waals surface area contributed by atoms with E-state index in [1.54, 1.807) is 6.08 Å². The Balaban J connectivity index is 3.91. The predicted molar refractivity (Wildman–Crippen MR) is 283 cm³/mol. The maximum atomic E-state index is 12.8. The predicted octanol–water partition coefficient (Wildman–Crippen LogP) is 14.8. The highest BCUT2D eigenvalue weighted by atomic mass is 31.2. The second-order valence-corrected chi connectivity index (χ2v) is 19.6. The quantitative estimate of drug-likeness (QED) is 0.0273. The summed E-state index contributed by atoms with van der Waals surface area (Å²) in [5, 5.41) is 13.6. The molecule has 0 bridgehead atoms. The maximum Gasteiger partial charge on any atom is 0.268 e. The highest BCUT2D eigenvalue weighted by Crippen LogP contribution is 2.38. The third kappa shape index (κ3) is 48.8. The van der Waals surface area contributed by atoms with Crippen molar-refractivity contribution in [1.29, 1.82) is 0 Å². The van der Waals surface area contributed by atoms with E-state index in [4.69, 9.17) is 9.05 Å². The lowest BCUT2D eigenvalue weighted by Crippen LogP contribution is -2.45. The summed E-state index contributed by atoms with van der Waals surface area (Å²) in [6.07, 6.45) is 70.4. The Bertz CT molecular complexity index is 1480. The van der Waals surface area contributed by atoms with E-state index in [1.165, 1.54) is 51.4 Å². The number of aliphatic hydroxyl groups is 1. The molecule has 0 saturated carbocycles. The molecule has 0 aliphatic carbocycles. The molecule has 376 valence electrons. The van der Waals surface area contributed by atoms with E-state index in [9.17, 15) is 19.4 Å². The molecule has 0 spiro atoms. The van der Waals surface area contributed by atoms with Crippen LogP contribution in [0, 0.1) is 0 Å². The molecule has 8 nitrogen and oxygen atoms in total. The van der Waals surface area contributed by atoms with Crippen LogP contribution in [-0.4, -0.2) is 68.5 Å². The number of rotatable bonds is 45. The molecule has 3 atom stereocenters. The van der Waals surface area contributed by atoms with Crippen LogP contribution in [0.15, 0.2) is 122 Å². The summed E-state index contributed by atoms with van der Waals surface area (Å²) in [6, 6.07) is -0.891. The molecule has 2 N–H and O–H groups in total. The van der Waals surface area contributed by atoms with Gasteiger partial charge < -0.3 is 28.8 Å². The Morgan fingerprint density at radius 2 is 0.924 bits per heavy atom. The maximum absolute atomic E-state index is 12.8. The summed E-state index contributed by atoms with van der Waals surface area (Å²) in [7, 11) is 1.24. The largest absolute Gasteiger partial charge is 0.756 e. The number of likely N-dealkylation sites (N-methyl/N-ethyl adjacent to an activating group) is 1. The molecule has 1 amide bonds. The average Bonchev–Trinajstić information content (AvgIpc) is 3.27. The number of hydrogen-bond acceptors (Lipinski definition) is 6. The molecule has 0 rings (SSSR count). The molecule has 0 aliphatic heterocycles. The lowest BCUT2D eigenvalue weighted by Gasteiger charge is -2.29. The molecule has 0 radical (unpaired) electrons. The van der Waals surface area contributed by atoms with Crippen molar-refractivity contribution in [1.82, 2.24) is 5.32 Å². The van der Waals surface area contributed by atoms with Crippen molar-refractivity contribution < 1.29 is 32.9 Å². The molecular weight excluding hydrogens is 840 g/mol. The fraction of sp³-hybridized carbons (Fsp3) is 0.632. The van der Waals surface area contributed by atoms with Crippen LogP contribution in [0.2, 0.25) is 0 Å². The van der Waals surface area contributed by atoms with E-state index in [-0.39, 0.29) is 19.1 Å². The van der Waals surface area contributed by atoms with Crippen molar-refractivity contribution >= 4 is 13.7 Å². The number of aliphatic hydroxyl groups excluding tert-OH is 1. The minimum Gasteiger partial charge on any atom is -0.756 e. The highest BCUT2D eigenvalue weighted by molar-refractivity contribution is 7.45. The molecule has 0 aromatic heterocycles. The lowest BCUT2D eigenvalue weighted by atomic mass is 10.0. The number of hydrogen-bond donors (Lipinski definition) is 2. The van der Waals surface area contributed by atoms with E-state index in [0.717, 1.165) is 109 Å². The minimum atomic E-state index is -4.58. The summed E-state index contributed by atoms with van der Waals surface area (Å²) >= 11 is 0. The minimum absolute atomic E-state index is 0.00794. The number of nitrogens with one attached hydrogen (secondary N) is 1. The van der Waals surface area contributed by atoms with Gasteiger partial charge in [0.2, 0.25) is 5.91 Å². The zero-order valence-electron chi connectivity index (χ0n) is 42.6. The average molecular weight is 937 g/mol. The van der Waals surface area contributed by atoms with Gasteiger partial charge in [-0.05, 0) is 89.9 Å². The van der Waals surface area contributed by atoms with Crippen molar-refractivity contribution in [2.24, 2.45) is 0 Å². The number of carbonyl (C=O) groups is 1. The molecule has 0 aromatic carbocycles. The number of nitrogens with zero attached hydrogens (tertiary/aromatic N) is 1. The topological polar surface area (TPSA) is 108 Å². The third-order valence-electron chi connectivity index (χ3n) is 10.7. The Hall–Kier alpha value is -3.10. The number of unbranched alkanes of at least 4 members (excludes halogenated alkanes) is 14. The van der Waals surface area contributed by atoms with Gasteiger partial charge in [-0.25, -0.2) is 0 Å². The van der Waals surface area contributed by atoms with Crippen LogP contribution in [0.5, 0.6) is 0 Å². The van der Waals surface area contributed by atoms with Crippen molar-refractivity contribution in [2.75, 3.05) is 40.9 Å². The molecule has 0 heterocycles. The molecular formula is C57H97N2O6P. The zero-order valence-corrected chi connectivity index (χ0v) is 43.5. The van der Waals surface area contributed by atoms with Crippen LogP contribution in [0.3, 0.4) is 0 Å². The van der Waals surface area contributed by atoms with Crippen LogP contribution in [-0.2, 0) is 18.4 Å². The summed E-state index contributed by atoms with van der Waals surface area (Å²) in [6.45, 7) is 4.38. The van der Waals surface area contributed by atoms with Gasteiger partial charge in [0, 0.05) is 6.42 Å². The smallest absolute Gasteiger partial charge is 0.268 e. The Morgan fingerprint density at radius 1 is 0.545 bits per heavy atom. The lowest BCUT2D eigenvalue weighted by molar-refractivity contribution is -0.870.